The first-order valence-electron chi connectivity index (χ1n) is 7.86. The molecule has 0 aliphatic carbocycles. The second kappa shape index (κ2) is 6.37. The van der Waals surface area contributed by atoms with Crippen molar-refractivity contribution in [2.24, 2.45) is 0 Å². The van der Waals surface area contributed by atoms with Crippen LogP contribution in [0, 0.1) is 20.8 Å². The fourth-order valence-electron chi connectivity index (χ4n) is 3.19. The van der Waals surface area contributed by atoms with Crippen LogP contribution < -0.4 is 9.46 Å². The molecule has 0 aliphatic heterocycles. The first-order valence-corrected chi connectivity index (χ1v) is 9.34. The lowest BCUT2D eigenvalue weighted by atomic mass is 10.1. The van der Waals surface area contributed by atoms with Crippen molar-refractivity contribution in [3.05, 3.63) is 59.3 Å². The van der Waals surface area contributed by atoms with Crippen molar-refractivity contribution >= 4 is 26.6 Å². The Hall–Kier alpha value is -2.60. The van der Waals surface area contributed by atoms with Crippen LogP contribution in [0.15, 0.2) is 47.5 Å². The SMILES string of the molecule is COc1ccc(NS(=O)(=O)c2c(C)cc(C)cc2C)c2cccnc12. The molecule has 3 rings (SSSR count). The molecule has 25 heavy (non-hydrogen) atoms. The van der Waals surface area contributed by atoms with E-state index in [0.29, 0.717) is 27.2 Å². The number of anilines is 1. The predicted octanol–water partition coefficient (Wildman–Crippen LogP) is 3.97. The molecule has 1 aromatic heterocycles. The first-order chi connectivity index (χ1) is 11.8. The summed E-state index contributed by atoms with van der Waals surface area (Å²) >= 11 is 0. The molecule has 0 unspecified atom stereocenters. The third-order valence-electron chi connectivity index (χ3n) is 4.07. The van der Waals surface area contributed by atoms with E-state index in [2.05, 4.69) is 9.71 Å². The maximum absolute atomic E-state index is 13.0. The summed E-state index contributed by atoms with van der Waals surface area (Å²) in [5, 5.41) is 0.688. The molecule has 130 valence electrons. The molecule has 0 radical (unpaired) electrons. The Morgan fingerprint density at radius 2 is 1.72 bits per heavy atom. The second-order valence-electron chi connectivity index (χ2n) is 6.05. The van der Waals surface area contributed by atoms with Crippen LogP contribution in [0.5, 0.6) is 5.75 Å². The number of rotatable bonds is 4. The largest absolute Gasteiger partial charge is 0.494 e. The Morgan fingerprint density at radius 3 is 2.36 bits per heavy atom. The number of fused-ring (bicyclic) bond motifs is 1. The van der Waals surface area contributed by atoms with Crippen LogP contribution in [-0.2, 0) is 10.0 Å². The van der Waals surface area contributed by atoms with Gasteiger partial charge >= 0.3 is 0 Å². The van der Waals surface area contributed by atoms with Crippen LogP contribution >= 0.6 is 0 Å². The number of ether oxygens (including phenoxy) is 1. The van der Waals surface area contributed by atoms with E-state index in [4.69, 9.17) is 4.74 Å². The Bertz CT molecular complexity index is 1040. The van der Waals surface area contributed by atoms with Gasteiger partial charge in [-0.25, -0.2) is 8.42 Å². The van der Waals surface area contributed by atoms with Gasteiger partial charge in [-0.05, 0) is 56.2 Å². The zero-order valence-corrected chi connectivity index (χ0v) is 15.4. The monoisotopic (exact) mass is 356 g/mol. The van der Waals surface area contributed by atoms with E-state index in [1.165, 1.54) is 0 Å². The van der Waals surface area contributed by atoms with Crippen LogP contribution in [0.3, 0.4) is 0 Å². The number of pyridine rings is 1. The van der Waals surface area contributed by atoms with Crippen molar-refractivity contribution in [3.8, 4) is 5.75 Å². The predicted molar refractivity (Wildman–Crippen MR) is 99.8 cm³/mol. The van der Waals surface area contributed by atoms with E-state index in [1.807, 2.05) is 39.0 Å². The van der Waals surface area contributed by atoms with E-state index >= 15 is 0 Å². The van der Waals surface area contributed by atoms with Gasteiger partial charge in [0, 0.05) is 11.6 Å². The fourth-order valence-corrected chi connectivity index (χ4v) is 4.72. The van der Waals surface area contributed by atoms with Gasteiger partial charge in [0.25, 0.3) is 10.0 Å². The van der Waals surface area contributed by atoms with Gasteiger partial charge in [-0.1, -0.05) is 17.7 Å². The summed E-state index contributed by atoms with van der Waals surface area (Å²) in [6, 6.07) is 10.7. The summed E-state index contributed by atoms with van der Waals surface area (Å²) < 4.78 is 34.0. The van der Waals surface area contributed by atoms with Gasteiger partial charge in [-0.2, -0.15) is 0 Å². The first kappa shape index (κ1) is 17.2. The number of benzene rings is 2. The number of hydrogen-bond donors (Lipinski definition) is 1. The fraction of sp³-hybridized carbons (Fsp3) is 0.211. The van der Waals surface area contributed by atoms with Gasteiger partial charge in [-0.15, -0.1) is 0 Å². The summed E-state index contributed by atoms with van der Waals surface area (Å²) in [7, 11) is -2.16. The molecular formula is C19H20N2O3S. The lowest BCUT2D eigenvalue weighted by molar-refractivity contribution is 0.419. The van der Waals surface area contributed by atoms with Gasteiger partial charge < -0.3 is 4.74 Å². The normalized spacial score (nSPS) is 11.5. The van der Waals surface area contributed by atoms with Crippen molar-refractivity contribution < 1.29 is 13.2 Å². The molecule has 0 fully saturated rings. The Balaban J connectivity index is 2.13. The molecule has 2 aromatic carbocycles. The Labute approximate surface area is 147 Å². The molecule has 0 saturated carbocycles. The lowest BCUT2D eigenvalue weighted by Crippen LogP contribution is -2.16. The highest BCUT2D eigenvalue weighted by Gasteiger charge is 2.21. The third kappa shape index (κ3) is 3.17. The quantitative estimate of drug-likeness (QED) is 0.768. The van der Waals surface area contributed by atoms with E-state index in [1.54, 1.807) is 31.5 Å². The maximum atomic E-state index is 13.0. The summed E-state index contributed by atoms with van der Waals surface area (Å²) in [5.41, 5.74) is 3.57. The zero-order chi connectivity index (χ0) is 18.2. The minimum absolute atomic E-state index is 0.311. The number of aryl methyl sites for hydroxylation is 3. The molecule has 6 heteroatoms. The van der Waals surface area contributed by atoms with Gasteiger partial charge in [0.05, 0.1) is 17.7 Å². The molecule has 0 spiro atoms. The second-order valence-corrected chi connectivity index (χ2v) is 7.67. The molecule has 0 amide bonds. The summed E-state index contributed by atoms with van der Waals surface area (Å²) in [6.07, 6.45) is 1.65. The molecule has 3 aromatic rings. The third-order valence-corrected chi connectivity index (χ3v) is 5.74. The molecule has 5 nitrogen and oxygen atoms in total. The van der Waals surface area contributed by atoms with E-state index in [0.717, 1.165) is 16.7 Å². The minimum atomic E-state index is -3.72. The Morgan fingerprint density at radius 1 is 1.04 bits per heavy atom. The molecule has 1 N–H and O–H groups in total. The molecule has 0 saturated heterocycles. The number of methoxy groups -OCH3 is 1. The van der Waals surface area contributed by atoms with E-state index < -0.39 is 10.0 Å². The highest BCUT2D eigenvalue weighted by molar-refractivity contribution is 7.92. The lowest BCUT2D eigenvalue weighted by Gasteiger charge is -2.15. The Kier molecular flexibility index (Phi) is 4.39. The van der Waals surface area contributed by atoms with Gasteiger partial charge in [0.1, 0.15) is 11.3 Å². The van der Waals surface area contributed by atoms with Crippen LogP contribution in [0.1, 0.15) is 16.7 Å². The average Bonchev–Trinajstić information content (AvgIpc) is 2.53. The number of aromatic nitrogens is 1. The zero-order valence-electron chi connectivity index (χ0n) is 14.6. The van der Waals surface area contributed by atoms with Crippen LogP contribution in [0.25, 0.3) is 10.9 Å². The van der Waals surface area contributed by atoms with Crippen molar-refractivity contribution in [2.45, 2.75) is 25.7 Å². The maximum Gasteiger partial charge on any atom is 0.262 e. The summed E-state index contributed by atoms with van der Waals surface area (Å²) in [5.74, 6) is 0.598. The molecule has 1 heterocycles. The van der Waals surface area contributed by atoms with Gasteiger partial charge in [0.2, 0.25) is 0 Å². The van der Waals surface area contributed by atoms with Gasteiger partial charge in [0.15, 0.2) is 0 Å². The number of sulfonamides is 1. The highest BCUT2D eigenvalue weighted by Crippen LogP contribution is 2.32. The average molecular weight is 356 g/mol. The smallest absolute Gasteiger partial charge is 0.262 e. The van der Waals surface area contributed by atoms with E-state index in [-0.39, 0.29) is 0 Å². The van der Waals surface area contributed by atoms with Crippen LogP contribution in [-0.4, -0.2) is 20.5 Å². The standard InChI is InChI=1S/C19H20N2O3S/c1-12-10-13(2)19(14(3)11-12)25(22,23)21-16-7-8-17(24-4)18-15(16)6-5-9-20-18/h5-11,21H,1-4H3. The molecule has 0 atom stereocenters. The molecule has 0 aliphatic rings. The minimum Gasteiger partial charge on any atom is -0.494 e. The van der Waals surface area contributed by atoms with Crippen molar-refractivity contribution in [1.82, 2.24) is 4.98 Å². The van der Waals surface area contributed by atoms with Gasteiger partial charge in [-0.3, -0.25) is 9.71 Å². The van der Waals surface area contributed by atoms with Crippen LogP contribution in [0.2, 0.25) is 0 Å². The van der Waals surface area contributed by atoms with Crippen molar-refractivity contribution in [3.63, 3.8) is 0 Å². The number of nitrogens with zero attached hydrogens (tertiary/aromatic N) is 1. The van der Waals surface area contributed by atoms with Crippen LogP contribution in [0.4, 0.5) is 5.69 Å². The van der Waals surface area contributed by atoms with E-state index in [9.17, 15) is 8.42 Å². The summed E-state index contributed by atoms with van der Waals surface area (Å²) in [4.78, 5) is 4.61. The molecule has 0 bridgehead atoms. The molecular weight excluding hydrogens is 336 g/mol. The summed E-state index contributed by atoms with van der Waals surface area (Å²) in [6.45, 7) is 5.57. The van der Waals surface area contributed by atoms with Crippen molar-refractivity contribution in [1.29, 1.82) is 0 Å². The topological polar surface area (TPSA) is 68.3 Å². The number of nitrogens with one attached hydrogen (secondary N) is 1. The van der Waals surface area contributed by atoms with Crippen molar-refractivity contribution in [2.75, 3.05) is 11.8 Å². The number of hydrogen-bond acceptors (Lipinski definition) is 4. The highest BCUT2D eigenvalue weighted by atomic mass is 32.2.